The quantitative estimate of drug-likeness (QED) is 0.777. The number of methoxy groups -OCH3 is 3. The highest BCUT2D eigenvalue weighted by Crippen LogP contribution is 2.39. The van der Waals surface area contributed by atoms with Gasteiger partial charge in [-0.05, 0) is 29.8 Å². The zero-order valence-corrected chi connectivity index (χ0v) is 13.7. The Bertz CT molecular complexity index is 855. The summed E-state index contributed by atoms with van der Waals surface area (Å²) in [5.74, 6) is 1.56. The van der Waals surface area contributed by atoms with E-state index in [1.165, 1.54) is 0 Å². The lowest BCUT2D eigenvalue weighted by Crippen LogP contribution is -2.00. The normalized spacial score (nSPS) is 10.6. The van der Waals surface area contributed by atoms with Crippen LogP contribution >= 0.6 is 0 Å². The molecule has 1 heterocycles. The molecule has 24 heavy (non-hydrogen) atoms. The van der Waals surface area contributed by atoms with E-state index >= 15 is 0 Å². The fraction of sp³-hybridized carbons (Fsp3) is 0.222. The number of para-hydroxylation sites is 2. The van der Waals surface area contributed by atoms with Crippen molar-refractivity contribution in [3.63, 3.8) is 0 Å². The SMILES string of the molecule is COc1cc(Cc2nc3ccccc3nc2O)cc(OC)c1OC. The van der Waals surface area contributed by atoms with Crippen LogP contribution in [0.1, 0.15) is 11.3 Å². The lowest BCUT2D eigenvalue weighted by atomic mass is 10.1. The molecular weight excluding hydrogens is 308 g/mol. The van der Waals surface area contributed by atoms with Gasteiger partial charge in [0.05, 0.1) is 32.4 Å². The van der Waals surface area contributed by atoms with Crippen molar-refractivity contribution < 1.29 is 19.3 Å². The number of rotatable bonds is 5. The first-order chi connectivity index (χ1) is 11.7. The summed E-state index contributed by atoms with van der Waals surface area (Å²) in [6, 6.07) is 11.1. The van der Waals surface area contributed by atoms with Gasteiger partial charge in [-0.15, -0.1) is 0 Å². The van der Waals surface area contributed by atoms with Crippen molar-refractivity contribution in [3.05, 3.63) is 47.7 Å². The van der Waals surface area contributed by atoms with E-state index in [0.29, 0.717) is 34.9 Å². The van der Waals surface area contributed by atoms with Crippen LogP contribution in [-0.2, 0) is 6.42 Å². The van der Waals surface area contributed by atoms with Gasteiger partial charge in [-0.3, -0.25) is 0 Å². The third-order valence-electron chi connectivity index (χ3n) is 3.72. The molecule has 0 fully saturated rings. The number of nitrogens with zero attached hydrogens (tertiary/aromatic N) is 2. The van der Waals surface area contributed by atoms with Crippen molar-refractivity contribution >= 4 is 11.0 Å². The van der Waals surface area contributed by atoms with Crippen LogP contribution in [0.4, 0.5) is 0 Å². The Kier molecular flexibility index (Phi) is 4.37. The van der Waals surface area contributed by atoms with E-state index in [1.807, 2.05) is 36.4 Å². The maximum atomic E-state index is 10.2. The van der Waals surface area contributed by atoms with Gasteiger partial charge in [0.2, 0.25) is 11.6 Å². The fourth-order valence-corrected chi connectivity index (χ4v) is 2.58. The molecule has 0 aliphatic rings. The summed E-state index contributed by atoms with van der Waals surface area (Å²) < 4.78 is 16.0. The van der Waals surface area contributed by atoms with Crippen LogP contribution in [0.5, 0.6) is 23.1 Å². The van der Waals surface area contributed by atoms with Crippen LogP contribution in [0.2, 0.25) is 0 Å². The highest BCUT2D eigenvalue weighted by atomic mass is 16.5. The monoisotopic (exact) mass is 326 g/mol. The van der Waals surface area contributed by atoms with Crippen molar-refractivity contribution in [2.75, 3.05) is 21.3 Å². The minimum Gasteiger partial charge on any atom is -0.493 e. The minimum absolute atomic E-state index is 0.0811. The van der Waals surface area contributed by atoms with Gasteiger partial charge in [0.1, 0.15) is 5.69 Å². The molecule has 0 bridgehead atoms. The Labute approximate surface area is 139 Å². The van der Waals surface area contributed by atoms with Gasteiger partial charge in [0.25, 0.3) is 0 Å². The van der Waals surface area contributed by atoms with Gasteiger partial charge in [0.15, 0.2) is 11.5 Å². The van der Waals surface area contributed by atoms with E-state index in [4.69, 9.17) is 14.2 Å². The molecule has 6 heteroatoms. The molecule has 6 nitrogen and oxygen atoms in total. The average molecular weight is 326 g/mol. The van der Waals surface area contributed by atoms with E-state index in [0.717, 1.165) is 11.1 Å². The molecule has 1 aromatic heterocycles. The van der Waals surface area contributed by atoms with Gasteiger partial charge in [-0.1, -0.05) is 12.1 Å². The number of fused-ring (bicyclic) bond motifs is 1. The third kappa shape index (κ3) is 2.90. The van der Waals surface area contributed by atoms with Crippen molar-refractivity contribution in [1.29, 1.82) is 0 Å². The van der Waals surface area contributed by atoms with Crippen LogP contribution in [0, 0.1) is 0 Å². The van der Waals surface area contributed by atoms with Gasteiger partial charge >= 0.3 is 0 Å². The van der Waals surface area contributed by atoms with Crippen molar-refractivity contribution in [1.82, 2.24) is 9.97 Å². The summed E-state index contributed by atoms with van der Waals surface area (Å²) in [6.07, 6.45) is 0.389. The second-order valence-electron chi connectivity index (χ2n) is 5.19. The van der Waals surface area contributed by atoms with E-state index in [-0.39, 0.29) is 5.88 Å². The van der Waals surface area contributed by atoms with Gasteiger partial charge in [-0.2, -0.15) is 0 Å². The number of benzene rings is 2. The molecule has 0 unspecified atom stereocenters. The summed E-state index contributed by atoms with van der Waals surface area (Å²) >= 11 is 0. The first kappa shape index (κ1) is 15.9. The standard InChI is InChI=1S/C18H18N2O4/c1-22-15-9-11(10-16(23-2)17(15)24-3)8-14-18(21)20-13-7-5-4-6-12(13)19-14/h4-7,9-10H,8H2,1-3H3,(H,20,21). The first-order valence-corrected chi connectivity index (χ1v) is 7.39. The van der Waals surface area contributed by atoms with E-state index in [9.17, 15) is 5.11 Å². The van der Waals surface area contributed by atoms with Crippen molar-refractivity contribution in [3.8, 4) is 23.1 Å². The Morgan fingerprint density at radius 2 is 1.46 bits per heavy atom. The minimum atomic E-state index is -0.0811. The van der Waals surface area contributed by atoms with Gasteiger partial charge in [0, 0.05) is 6.42 Å². The third-order valence-corrected chi connectivity index (χ3v) is 3.72. The molecule has 0 aliphatic heterocycles. The molecule has 3 rings (SSSR count). The lowest BCUT2D eigenvalue weighted by Gasteiger charge is -2.14. The Hall–Kier alpha value is -3.02. The Morgan fingerprint density at radius 3 is 2.00 bits per heavy atom. The second-order valence-corrected chi connectivity index (χ2v) is 5.19. The van der Waals surface area contributed by atoms with E-state index in [2.05, 4.69) is 9.97 Å². The molecule has 0 radical (unpaired) electrons. The van der Waals surface area contributed by atoms with Crippen LogP contribution in [0.25, 0.3) is 11.0 Å². The molecule has 3 aromatic rings. The number of aromatic nitrogens is 2. The highest BCUT2D eigenvalue weighted by molar-refractivity contribution is 5.74. The van der Waals surface area contributed by atoms with Crippen LogP contribution in [0.15, 0.2) is 36.4 Å². The molecule has 124 valence electrons. The zero-order chi connectivity index (χ0) is 17.1. The van der Waals surface area contributed by atoms with E-state index < -0.39 is 0 Å². The highest BCUT2D eigenvalue weighted by Gasteiger charge is 2.15. The Morgan fingerprint density at radius 1 is 0.875 bits per heavy atom. The smallest absolute Gasteiger partial charge is 0.234 e. The molecule has 0 atom stereocenters. The van der Waals surface area contributed by atoms with Crippen molar-refractivity contribution in [2.45, 2.75) is 6.42 Å². The molecule has 0 spiro atoms. The molecule has 2 aromatic carbocycles. The number of hydrogen-bond donors (Lipinski definition) is 1. The first-order valence-electron chi connectivity index (χ1n) is 7.39. The number of ether oxygens (including phenoxy) is 3. The number of aromatic hydroxyl groups is 1. The number of hydrogen-bond acceptors (Lipinski definition) is 6. The summed E-state index contributed by atoms with van der Waals surface area (Å²) in [6.45, 7) is 0. The average Bonchev–Trinajstić information content (AvgIpc) is 2.61. The zero-order valence-electron chi connectivity index (χ0n) is 13.7. The Balaban J connectivity index is 2.03. The maximum Gasteiger partial charge on any atom is 0.234 e. The second kappa shape index (κ2) is 6.62. The van der Waals surface area contributed by atoms with Gasteiger partial charge < -0.3 is 19.3 Å². The molecule has 0 saturated carbocycles. The van der Waals surface area contributed by atoms with Crippen LogP contribution < -0.4 is 14.2 Å². The molecule has 0 saturated heterocycles. The molecule has 0 amide bonds. The summed E-state index contributed by atoms with van der Waals surface area (Å²) in [7, 11) is 4.68. The largest absolute Gasteiger partial charge is 0.493 e. The van der Waals surface area contributed by atoms with Crippen molar-refractivity contribution in [2.24, 2.45) is 0 Å². The maximum absolute atomic E-state index is 10.2. The summed E-state index contributed by atoms with van der Waals surface area (Å²) in [4.78, 5) is 8.69. The van der Waals surface area contributed by atoms with Crippen LogP contribution in [-0.4, -0.2) is 36.4 Å². The molecule has 1 N–H and O–H groups in total. The predicted molar refractivity (Wildman–Crippen MR) is 90.1 cm³/mol. The molecule has 0 aliphatic carbocycles. The summed E-state index contributed by atoms with van der Waals surface area (Å²) in [5.41, 5.74) is 2.74. The summed E-state index contributed by atoms with van der Waals surface area (Å²) in [5, 5.41) is 10.2. The molecular formula is C18H18N2O4. The fourth-order valence-electron chi connectivity index (χ4n) is 2.58. The van der Waals surface area contributed by atoms with Gasteiger partial charge in [-0.25, -0.2) is 9.97 Å². The van der Waals surface area contributed by atoms with E-state index in [1.54, 1.807) is 21.3 Å². The van der Waals surface area contributed by atoms with Crippen LogP contribution in [0.3, 0.4) is 0 Å². The lowest BCUT2D eigenvalue weighted by molar-refractivity contribution is 0.324. The topological polar surface area (TPSA) is 73.7 Å². The predicted octanol–water partition coefficient (Wildman–Crippen LogP) is 2.95.